The molecule has 20 heavy (non-hydrogen) atoms. The molecule has 1 aromatic carbocycles. The number of nitrogens with two attached hydrogens (primary N) is 1. The van der Waals surface area contributed by atoms with Crippen LogP contribution in [0.25, 0.3) is 0 Å². The number of ether oxygens (including phenoxy) is 1. The first-order valence-corrected chi connectivity index (χ1v) is 6.22. The molecular weight excluding hydrogens is 255 g/mol. The minimum Gasteiger partial charge on any atom is -0.487 e. The molecule has 0 aliphatic rings. The van der Waals surface area contributed by atoms with E-state index in [9.17, 15) is 4.39 Å². The van der Waals surface area contributed by atoms with Crippen molar-refractivity contribution in [3.8, 4) is 17.6 Å². The lowest BCUT2D eigenvalue weighted by Crippen LogP contribution is -2.01. The molecule has 2 rings (SSSR count). The first-order valence-electron chi connectivity index (χ1n) is 6.22. The number of aryl methyl sites for hydroxylation is 1. The Morgan fingerprint density at radius 1 is 1.35 bits per heavy atom. The predicted molar refractivity (Wildman–Crippen MR) is 75.6 cm³/mol. The Morgan fingerprint density at radius 2 is 2.20 bits per heavy atom. The molecule has 0 saturated carbocycles. The van der Waals surface area contributed by atoms with E-state index in [2.05, 4.69) is 16.8 Å². The number of halogens is 1. The van der Waals surface area contributed by atoms with Crippen molar-refractivity contribution in [2.24, 2.45) is 5.73 Å². The summed E-state index contributed by atoms with van der Waals surface area (Å²) in [4.78, 5) is 4.22. The maximum atomic E-state index is 13.7. The third kappa shape index (κ3) is 3.56. The van der Waals surface area contributed by atoms with E-state index in [1.54, 1.807) is 18.3 Å². The van der Waals surface area contributed by atoms with Gasteiger partial charge in [0.05, 0.1) is 17.8 Å². The van der Waals surface area contributed by atoms with Crippen LogP contribution in [0.5, 0.6) is 5.75 Å². The van der Waals surface area contributed by atoms with Crippen LogP contribution in [0.3, 0.4) is 0 Å². The lowest BCUT2D eigenvalue weighted by atomic mass is 10.2. The number of rotatable bonds is 3. The number of benzene rings is 1. The summed E-state index contributed by atoms with van der Waals surface area (Å²) < 4.78 is 19.3. The molecule has 0 saturated heterocycles. The van der Waals surface area contributed by atoms with Gasteiger partial charge >= 0.3 is 0 Å². The highest BCUT2D eigenvalue weighted by Crippen LogP contribution is 2.17. The van der Waals surface area contributed by atoms with E-state index in [0.29, 0.717) is 17.9 Å². The molecule has 3 nitrogen and oxygen atoms in total. The average molecular weight is 270 g/mol. The number of hydrogen-bond acceptors (Lipinski definition) is 3. The molecule has 0 bridgehead atoms. The molecule has 2 N–H and O–H groups in total. The average Bonchev–Trinajstić information content (AvgIpc) is 2.45. The molecule has 0 atom stereocenters. The molecule has 0 fully saturated rings. The van der Waals surface area contributed by atoms with Crippen LogP contribution in [-0.4, -0.2) is 11.5 Å². The van der Waals surface area contributed by atoms with E-state index in [1.165, 1.54) is 6.07 Å². The Balaban J connectivity index is 2.08. The van der Waals surface area contributed by atoms with Crippen LogP contribution in [0.1, 0.15) is 16.8 Å². The largest absolute Gasteiger partial charge is 0.487 e. The van der Waals surface area contributed by atoms with E-state index in [0.717, 1.165) is 11.3 Å². The van der Waals surface area contributed by atoms with Crippen LogP contribution in [0.2, 0.25) is 0 Å². The van der Waals surface area contributed by atoms with E-state index >= 15 is 0 Å². The number of pyridine rings is 1. The maximum absolute atomic E-state index is 13.7. The molecule has 2 aromatic rings. The predicted octanol–water partition coefficient (Wildman–Crippen LogP) is 2.42. The van der Waals surface area contributed by atoms with Crippen molar-refractivity contribution in [3.63, 3.8) is 0 Å². The van der Waals surface area contributed by atoms with Gasteiger partial charge in [-0.2, -0.15) is 0 Å². The third-order valence-corrected chi connectivity index (χ3v) is 2.76. The Kier molecular flexibility index (Phi) is 4.70. The molecule has 0 unspecified atom stereocenters. The second-order valence-electron chi connectivity index (χ2n) is 4.20. The van der Waals surface area contributed by atoms with E-state index < -0.39 is 5.82 Å². The molecule has 0 aliphatic carbocycles. The Bertz CT molecular complexity index is 659. The highest BCUT2D eigenvalue weighted by Gasteiger charge is 2.04. The first-order chi connectivity index (χ1) is 9.70. The van der Waals surface area contributed by atoms with Crippen LogP contribution < -0.4 is 10.5 Å². The van der Waals surface area contributed by atoms with Crippen molar-refractivity contribution >= 4 is 0 Å². The van der Waals surface area contributed by atoms with Gasteiger partial charge in [-0.3, -0.25) is 4.98 Å². The van der Waals surface area contributed by atoms with Gasteiger partial charge in [0.15, 0.2) is 0 Å². The third-order valence-electron chi connectivity index (χ3n) is 2.76. The van der Waals surface area contributed by atoms with Gasteiger partial charge in [-0.25, -0.2) is 4.39 Å². The van der Waals surface area contributed by atoms with E-state index in [-0.39, 0.29) is 6.54 Å². The van der Waals surface area contributed by atoms with Gasteiger partial charge in [-0.1, -0.05) is 17.9 Å². The number of aromatic nitrogens is 1. The van der Waals surface area contributed by atoms with Crippen molar-refractivity contribution in [3.05, 3.63) is 59.2 Å². The number of nitrogens with zero attached hydrogens (tertiary/aromatic N) is 1. The standard InChI is InChI=1S/C16H15FN2O/c1-12-4-3-9-19-16(12)11-20-14-7-6-13(5-2-8-18)15(17)10-14/h3-4,6-7,9-10H,8,11,18H2,1H3. The van der Waals surface area contributed by atoms with Crippen LogP contribution in [0.15, 0.2) is 36.5 Å². The minimum absolute atomic E-state index is 0.205. The SMILES string of the molecule is Cc1cccnc1COc1ccc(C#CCN)c(F)c1. The summed E-state index contributed by atoms with van der Waals surface area (Å²) in [6.45, 7) is 2.47. The topological polar surface area (TPSA) is 48.1 Å². The molecule has 0 radical (unpaired) electrons. The highest BCUT2D eigenvalue weighted by atomic mass is 19.1. The minimum atomic E-state index is -0.416. The van der Waals surface area contributed by atoms with Crippen LogP contribution in [0.4, 0.5) is 4.39 Å². The maximum Gasteiger partial charge on any atom is 0.142 e. The fourth-order valence-electron chi connectivity index (χ4n) is 1.65. The highest BCUT2D eigenvalue weighted by molar-refractivity contribution is 5.40. The second-order valence-corrected chi connectivity index (χ2v) is 4.20. The van der Waals surface area contributed by atoms with Crippen LogP contribution in [0, 0.1) is 24.6 Å². The molecule has 1 aromatic heterocycles. The summed E-state index contributed by atoms with van der Waals surface area (Å²) in [5.74, 6) is 5.32. The zero-order valence-corrected chi connectivity index (χ0v) is 11.2. The van der Waals surface area contributed by atoms with Gasteiger partial charge in [0.1, 0.15) is 18.2 Å². The van der Waals surface area contributed by atoms with Gasteiger partial charge in [-0.15, -0.1) is 0 Å². The Hall–Kier alpha value is -2.38. The van der Waals surface area contributed by atoms with Gasteiger partial charge in [0.25, 0.3) is 0 Å². The Labute approximate surface area is 117 Å². The quantitative estimate of drug-likeness (QED) is 0.871. The van der Waals surface area contributed by atoms with Gasteiger partial charge in [0.2, 0.25) is 0 Å². The van der Waals surface area contributed by atoms with Crippen LogP contribution >= 0.6 is 0 Å². The summed E-state index contributed by atoms with van der Waals surface area (Å²) in [5.41, 5.74) is 7.44. The monoisotopic (exact) mass is 270 g/mol. The summed E-state index contributed by atoms with van der Waals surface area (Å²) in [7, 11) is 0. The van der Waals surface area contributed by atoms with E-state index in [4.69, 9.17) is 10.5 Å². The van der Waals surface area contributed by atoms with Crippen molar-refractivity contribution in [1.29, 1.82) is 0 Å². The molecule has 0 aliphatic heterocycles. The zero-order chi connectivity index (χ0) is 14.4. The van der Waals surface area contributed by atoms with Crippen molar-refractivity contribution in [2.75, 3.05) is 6.54 Å². The normalized spacial score (nSPS) is 9.75. The zero-order valence-electron chi connectivity index (χ0n) is 11.2. The summed E-state index contributed by atoms with van der Waals surface area (Å²) in [6, 6.07) is 8.40. The smallest absolute Gasteiger partial charge is 0.142 e. The van der Waals surface area contributed by atoms with Crippen LogP contribution in [-0.2, 0) is 6.61 Å². The number of hydrogen-bond donors (Lipinski definition) is 1. The summed E-state index contributed by atoms with van der Waals surface area (Å²) in [5, 5.41) is 0. The second kappa shape index (κ2) is 6.69. The van der Waals surface area contributed by atoms with Crippen molar-refractivity contribution in [2.45, 2.75) is 13.5 Å². The van der Waals surface area contributed by atoms with Gasteiger partial charge in [-0.05, 0) is 30.7 Å². The first kappa shape index (κ1) is 14.0. The molecule has 0 amide bonds. The van der Waals surface area contributed by atoms with Crippen molar-refractivity contribution < 1.29 is 9.13 Å². The Morgan fingerprint density at radius 3 is 2.90 bits per heavy atom. The molecule has 0 spiro atoms. The van der Waals surface area contributed by atoms with Gasteiger partial charge < -0.3 is 10.5 Å². The molecule has 1 heterocycles. The fraction of sp³-hybridized carbons (Fsp3) is 0.188. The lowest BCUT2D eigenvalue weighted by Gasteiger charge is -2.08. The molecule has 4 heteroatoms. The summed E-state index contributed by atoms with van der Waals surface area (Å²) >= 11 is 0. The van der Waals surface area contributed by atoms with Gasteiger partial charge in [0, 0.05) is 12.3 Å². The molecule has 102 valence electrons. The lowest BCUT2D eigenvalue weighted by molar-refractivity contribution is 0.299. The fourth-order valence-corrected chi connectivity index (χ4v) is 1.65. The summed E-state index contributed by atoms with van der Waals surface area (Å²) in [6.07, 6.45) is 1.71. The van der Waals surface area contributed by atoms with E-state index in [1.807, 2.05) is 19.1 Å². The molecular formula is C16H15FN2O. The van der Waals surface area contributed by atoms with Crippen molar-refractivity contribution in [1.82, 2.24) is 4.98 Å².